The molecule has 0 aromatic heterocycles. The van der Waals surface area contributed by atoms with E-state index in [9.17, 15) is 10.2 Å². The van der Waals surface area contributed by atoms with Crippen LogP contribution >= 0.6 is 0 Å². The van der Waals surface area contributed by atoms with Crippen LogP contribution in [0, 0.1) is 58.2 Å². The Kier molecular flexibility index (Phi) is 7.81. The molecule has 236 valence electrons. The first-order chi connectivity index (χ1) is 19.1. The summed E-state index contributed by atoms with van der Waals surface area (Å²) in [5, 5.41) is 21.6. The Morgan fingerprint density at radius 3 is 2.05 bits per heavy atom. The molecule has 6 aliphatic rings. The van der Waals surface area contributed by atoms with Gasteiger partial charge in [0.25, 0.3) is 0 Å². The first-order valence-electron chi connectivity index (χ1n) is 17.1. The number of rotatable bonds is 6. The minimum atomic E-state index is -0.598. The zero-order valence-electron chi connectivity index (χ0n) is 27.4. The van der Waals surface area contributed by atoms with Crippen molar-refractivity contribution in [2.24, 2.45) is 58.2 Å². The SMILES string of the molecule is CC(C)[C@H](CCO)[C@H]1OC(C)(C)O[C@@H]1[C@@H](C)[C@H]1CC[C@H]2[C@@H]3C[C@@H](O)[C@H]4C[C@@H]5OC(C)(C)O[C@@H]5C[C@]4(C)[C@H]3CC[C@]12C. The van der Waals surface area contributed by atoms with Crippen LogP contribution in [-0.2, 0) is 18.9 Å². The first-order valence-corrected chi connectivity index (χ1v) is 17.1. The summed E-state index contributed by atoms with van der Waals surface area (Å²) in [6, 6.07) is 0. The standard InChI is InChI=1S/C35H60O6/c1-19(2)21(13-15-36)31-30(40-33(6,7)41-31)20(3)23-10-11-24-22-16-27(37)26-17-28-29(39-32(4,5)38-28)18-35(26,9)25(22)12-14-34(23,24)8/h19-31,36-37H,10-18H2,1-9H3/t20-,21-,22-,23+,24-,25-,26+,27+,28-,29+,30+,31+,34+,35+/m0/s1. The van der Waals surface area contributed by atoms with E-state index in [0.29, 0.717) is 41.4 Å². The van der Waals surface area contributed by atoms with E-state index in [1.54, 1.807) is 0 Å². The molecule has 0 radical (unpaired) electrons. The predicted octanol–water partition coefficient (Wildman–Crippen LogP) is 6.56. The molecule has 0 amide bonds. The number of fused-ring (bicyclic) bond motifs is 6. The van der Waals surface area contributed by atoms with Gasteiger partial charge < -0.3 is 29.2 Å². The third kappa shape index (κ3) is 4.97. The molecule has 6 rings (SSSR count). The molecular weight excluding hydrogens is 516 g/mol. The molecule has 41 heavy (non-hydrogen) atoms. The van der Waals surface area contributed by atoms with Gasteiger partial charge in [0.15, 0.2) is 11.6 Å². The molecule has 2 N–H and O–H groups in total. The molecule has 6 heteroatoms. The molecule has 2 heterocycles. The average molecular weight is 577 g/mol. The lowest BCUT2D eigenvalue weighted by atomic mass is 9.43. The van der Waals surface area contributed by atoms with E-state index in [0.717, 1.165) is 25.7 Å². The van der Waals surface area contributed by atoms with Crippen molar-refractivity contribution in [2.75, 3.05) is 6.61 Å². The Hall–Kier alpha value is -0.240. The van der Waals surface area contributed by atoms with Crippen LogP contribution in [0.15, 0.2) is 0 Å². The molecule has 6 nitrogen and oxygen atoms in total. The summed E-state index contributed by atoms with van der Waals surface area (Å²) in [6.07, 6.45) is 8.69. The summed E-state index contributed by atoms with van der Waals surface area (Å²) in [4.78, 5) is 0. The number of aliphatic hydroxyl groups excluding tert-OH is 2. The van der Waals surface area contributed by atoms with E-state index in [1.165, 1.54) is 25.7 Å². The summed E-state index contributed by atoms with van der Waals surface area (Å²) in [7, 11) is 0. The largest absolute Gasteiger partial charge is 0.396 e. The lowest BCUT2D eigenvalue weighted by Gasteiger charge is -2.62. The first kappa shape index (κ1) is 30.8. The van der Waals surface area contributed by atoms with Crippen molar-refractivity contribution in [3.05, 3.63) is 0 Å². The van der Waals surface area contributed by atoms with Crippen molar-refractivity contribution in [1.82, 2.24) is 0 Å². The van der Waals surface area contributed by atoms with Crippen molar-refractivity contribution >= 4 is 0 Å². The van der Waals surface area contributed by atoms with Crippen LogP contribution in [0.3, 0.4) is 0 Å². The lowest BCUT2D eigenvalue weighted by Crippen LogP contribution is -2.60. The van der Waals surface area contributed by atoms with E-state index >= 15 is 0 Å². The third-order valence-electron chi connectivity index (χ3n) is 13.7. The molecule has 0 aromatic carbocycles. The van der Waals surface area contributed by atoms with Crippen LogP contribution in [0.25, 0.3) is 0 Å². The zero-order chi connectivity index (χ0) is 29.7. The second-order valence-electron chi connectivity index (χ2n) is 17.0. The summed E-state index contributed by atoms with van der Waals surface area (Å²) < 4.78 is 26.1. The Morgan fingerprint density at radius 1 is 0.732 bits per heavy atom. The van der Waals surface area contributed by atoms with Gasteiger partial charge in [0.1, 0.15) is 0 Å². The third-order valence-corrected chi connectivity index (χ3v) is 13.7. The highest BCUT2D eigenvalue weighted by molar-refractivity contribution is 5.14. The maximum absolute atomic E-state index is 11.7. The average Bonchev–Trinajstić information content (AvgIpc) is 3.48. The van der Waals surface area contributed by atoms with Gasteiger partial charge in [-0.05, 0) is 137 Å². The van der Waals surface area contributed by atoms with E-state index in [4.69, 9.17) is 18.9 Å². The molecule has 2 saturated heterocycles. The van der Waals surface area contributed by atoms with Gasteiger partial charge in [0, 0.05) is 6.61 Å². The summed E-state index contributed by atoms with van der Waals surface area (Å²) in [5.74, 6) is 2.70. The minimum Gasteiger partial charge on any atom is -0.396 e. The molecule has 2 aliphatic heterocycles. The number of hydrogen-bond donors (Lipinski definition) is 2. The lowest BCUT2D eigenvalue weighted by molar-refractivity contribution is -0.183. The number of ether oxygens (including phenoxy) is 4. The number of hydrogen-bond acceptors (Lipinski definition) is 6. The summed E-state index contributed by atoms with van der Waals surface area (Å²) in [5.41, 5.74) is 0.352. The Labute approximate surface area is 249 Å². The molecule has 0 spiro atoms. The molecule has 0 aromatic rings. The maximum Gasteiger partial charge on any atom is 0.163 e. The molecular formula is C35H60O6. The van der Waals surface area contributed by atoms with Crippen LogP contribution < -0.4 is 0 Å². The Balaban J connectivity index is 1.23. The highest BCUT2D eigenvalue weighted by atomic mass is 16.8. The molecule has 4 aliphatic carbocycles. The molecule has 14 atom stereocenters. The van der Waals surface area contributed by atoms with Crippen molar-refractivity contribution in [3.63, 3.8) is 0 Å². The topological polar surface area (TPSA) is 77.4 Å². The van der Waals surface area contributed by atoms with Gasteiger partial charge in [-0.25, -0.2) is 0 Å². The van der Waals surface area contributed by atoms with Gasteiger partial charge in [-0.3, -0.25) is 0 Å². The fourth-order valence-electron chi connectivity index (χ4n) is 12.0. The summed E-state index contributed by atoms with van der Waals surface area (Å²) >= 11 is 0. The van der Waals surface area contributed by atoms with Crippen LogP contribution in [0.4, 0.5) is 0 Å². The van der Waals surface area contributed by atoms with Crippen molar-refractivity contribution < 1.29 is 29.2 Å². The highest BCUT2D eigenvalue weighted by Crippen LogP contribution is 2.69. The normalized spacial score (nSPS) is 51.5. The fourth-order valence-corrected chi connectivity index (χ4v) is 12.0. The highest BCUT2D eigenvalue weighted by Gasteiger charge is 2.65. The smallest absolute Gasteiger partial charge is 0.163 e. The predicted molar refractivity (Wildman–Crippen MR) is 159 cm³/mol. The van der Waals surface area contributed by atoms with Crippen molar-refractivity contribution in [3.8, 4) is 0 Å². The quantitative estimate of drug-likeness (QED) is 0.373. The van der Waals surface area contributed by atoms with Crippen molar-refractivity contribution in [1.29, 1.82) is 0 Å². The van der Waals surface area contributed by atoms with Crippen LogP contribution in [-0.4, -0.2) is 58.9 Å². The van der Waals surface area contributed by atoms with Gasteiger partial charge >= 0.3 is 0 Å². The fraction of sp³-hybridized carbons (Fsp3) is 1.00. The minimum absolute atomic E-state index is 0.00961. The van der Waals surface area contributed by atoms with E-state index in [-0.39, 0.29) is 53.9 Å². The van der Waals surface area contributed by atoms with E-state index < -0.39 is 11.6 Å². The van der Waals surface area contributed by atoms with E-state index in [2.05, 4.69) is 48.5 Å². The molecule has 4 saturated carbocycles. The molecule has 0 unspecified atom stereocenters. The van der Waals surface area contributed by atoms with Crippen LogP contribution in [0.2, 0.25) is 0 Å². The number of aliphatic hydroxyl groups is 2. The van der Waals surface area contributed by atoms with Gasteiger partial charge in [-0.1, -0.05) is 34.6 Å². The van der Waals surface area contributed by atoms with Gasteiger partial charge in [-0.15, -0.1) is 0 Å². The van der Waals surface area contributed by atoms with Crippen molar-refractivity contribution in [2.45, 2.75) is 156 Å². The molecule has 0 bridgehead atoms. The Bertz CT molecular complexity index is 964. The van der Waals surface area contributed by atoms with Gasteiger partial charge in [-0.2, -0.15) is 0 Å². The second-order valence-corrected chi connectivity index (χ2v) is 17.0. The maximum atomic E-state index is 11.7. The van der Waals surface area contributed by atoms with Gasteiger partial charge in [0.05, 0.1) is 30.5 Å². The Morgan fingerprint density at radius 2 is 1.37 bits per heavy atom. The van der Waals surface area contributed by atoms with Crippen LogP contribution in [0.5, 0.6) is 0 Å². The summed E-state index contributed by atoms with van der Waals surface area (Å²) in [6.45, 7) is 20.4. The van der Waals surface area contributed by atoms with Gasteiger partial charge in [0.2, 0.25) is 0 Å². The van der Waals surface area contributed by atoms with Crippen LogP contribution in [0.1, 0.15) is 114 Å². The van der Waals surface area contributed by atoms with E-state index in [1.807, 2.05) is 13.8 Å². The molecule has 6 fully saturated rings. The monoisotopic (exact) mass is 576 g/mol. The second kappa shape index (κ2) is 10.4. The zero-order valence-corrected chi connectivity index (χ0v) is 27.4.